The molecule has 14 nitrogen and oxygen atoms in total. The molecule has 0 aliphatic carbocycles. The number of unbranched alkanes of at least 4 members (excludes halogenated alkanes) is 3. The number of alkyl halides is 3. The maximum atomic E-state index is 12.7. The first-order chi connectivity index (χ1) is 34.2. The van der Waals surface area contributed by atoms with Crippen molar-refractivity contribution in [2.45, 2.75) is 45.2 Å². The molecule has 2 aliphatic rings. The van der Waals surface area contributed by atoms with Crippen molar-refractivity contribution in [1.82, 2.24) is 30.1 Å². The fraction of sp³-hybridized carbons (Fsp3) is 0.229. The Labute approximate surface area is 431 Å². The Morgan fingerprint density at radius 3 is 2.00 bits per heavy atom. The van der Waals surface area contributed by atoms with E-state index < -0.39 is 11.9 Å². The second-order valence-corrected chi connectivity index (χ2v) is 17.8. The number of aromatic nitrogens is 6. The average molecular weight is 1210 g/mol. The van der Waals surface area contributed by atoms with Gasteiger partial charge in [0.05, 0.1) is 43.1 Å². The van der Waals surface area contributed by atoms with Crippen molar-refractivity contribution in [3.8, 4) is 99.3 Å². The van der Waals surface area contributed by atoms with Crippen molar-refractivity contribution in [2.24, 2.45) is 0 Å². The number of pyridine rings is 4. The topological polar surface area (TPSA) is 168 Å². The summed E-state index contributed by atoms with van der Waals surface area (Å²) in [5.41, 5.74) is 4.38. The van der Waals surface area contributed by atoms with E-state index in [-0.39, 0.29) is 11.4 Å². The zero-order chi connectivity index (χ0) is 49.0. The number of rotatable bonds is 15. The van der Waals surface area contributed by atoms with Crippen LogP contribution in [0.3, 0.4) is 0 Å². The molecule has 2 aliphatic heterocycles. The number of nitrogens with zero attached hydrogens (tertiary/aromatic N) is 6. The van der Waals surface area contributed by atoms with Crippen LogP contribution in [0.4, 0.5) is 13.2 Å². The third kappa shape index (κ3) is 11.8. The molecule has 22 heteroatoms. The minimum atomic E-state index is -4.50. The fourth-order valence-corrected chi connectivity index (χ4v) is 10.6. The summed E-state index contributed by atoms with van der Waals surface area (Å²) in [5.74, 6) is 3.31. The normalized spacial score (nSPS) is 12.5. The van der Waals surface area contributed by atoms with Gasteiger partial charge in [0, 0.05) is 47.0 Å². The van der Waals surface area contributed by atoms with Crippen LogP contribution in [0.15, 0.2) is 90.0 Å². The molecule has 0 amide bonds. The Morgan fingerprint density at radius 1 is 0.686 bits per heavy atom. The molecular weight excluding hydrogens is 1170 g/mol. The number of halogens is 4. The van der Waals surface area contributed by atoms with E-state index >= 15 is 0 Å². The third-order valence-electron chi connectivity index (χ3n) is 10.5. The molecule has 0 fully saturated rings. The van der Waals surface area contributed by atoms with E-state index in [0.717, 1.165) is 55.3 Å². The van der Waals surface area contributed by atoms with E-state index in [0.29, 0.717) is 90.8 Å². The monoisotopic (exact) mass is 1210 g/mol. The summed E-state index contributed by atoms with van der Waals surface area (Å²) in [6.45, 7) is 4.70. The van der Waals surface area contributed by atoms with E-state index in [9.17, 15) is 22.8 Å². The van der Waals surface area contributed by atoms with Gasteiger partial charge in [0.2, 0.25) is 0 Å². The minimum absolute atomic E-state index is 0.139. The van der Waals surface area contributed by atoms with Crippen LogP contribution in [-0.2, 0) is 37.0 Å². The maximum absolute atomic E-state index is 12.7. The summed E-state index contributed by atoms with van der Waals surface area (Å²) in [5, 5.41) is 10.8. The Hall–Kier alpha value is -5.81. The molecule has 0 spiro atoms. The molecule has 0 bridgehead atoms. The van der Waals surface area contributed by atoms with Crippen molar-refractivity contribution in [3.63, 3.8) is 0 Å². The molecule has 10 rings (SSSR count). The quantitative estimate of drug-likeness (QED) is 0.0411. The van der Waals surface area contributed by atoms with E-state index in [1.807, 2.05) is 23.6 Å². The Kier molecular flexibility index (Phi) is 17.2. The molecule has 8 aromatic rings. The summed E-state index contributed by atoms with van der Waals surface area (Å²) in [4.78, 5) is 43.6. The SMILES string of the molecule is CCCCCCc1ccsc1-c1ccnc(-c2cc(C(F)(F)F)n[n-]2)c1.O=COc1ccnc(-c2cc(OC=O)cc(-c3cc(-c4sc(-c5scc6c5OCCO6)c5c4OCCO5)ccn3)n2)c1.[Ru+][I]. The molecule has 0 aromatic carbocycles. The molecule has 0 atom stereocenters. The summed E-state index contributed by atoms with van der Waals surface area (Å²) in [7, 11) is 0. The zero-order valence-corrected chi connectivity index (χ0v) is 43.1. The van der Waals surface area contributed by atoms with Crippen molar-refractivity contribution in [3.05, 3.63) is 101 Å². The predicted molar refractivity (Wildman–Crippen MR) is 264 cm³/mol. The average Bonchev–Trinajstić information content (AvgIpc) is 4.23. The standard InChI is InChI=1S/C29H19N3O8S2.C19H19F3N3S.HI.Ru/c33-14-39-17-2-4-31-20(10-17)22-12-18(40-15-34)11-21(32-22)19-9-16(1-3-30-19)27-25-26(38-8-7-37-25)29(42-27)28-24-23(13-41-28)35-5-6-36-24;1-2-3-4-5-6-13-8-10-26-18(13)14-7-9-23-15(11-14)16-12-17(25-24-16)19(20,21)22;;/h1-4,9-15H,5-8H2;7-12H,2-6H2,1H3;1H;/q;-1;;+2/p-1. The van der Waals surface area contributed by atoms with Gasteiger partial charge in [-0.3, -0.25) is 24.5 Å². The number of hydrogen-bond donors (Lipinski definition) is 0. The molecular formula is C48H38F3IN6O8RuS3. The molecule has 0 saturated heterocycles. The molecule has 0 unspecified atom stereocenters. The second kappa shape index (κ2) is 23.9. The molecule has 0 radical (unpaired) electrons. The first kappa shape index (κ1) is 50.6. The Morgan fingerprint density at radius 2 is 1.30 bits per heavy atom. The van der Waals surface area contributed by atoms with E-state index in [4.69, 9.17) is 33.4 Å². The van der Waals surface area contributed by atoms with Crippen molar-refractivity contribution in [2.75, 3.05) is 26.4 Å². The molecule has 362 valence electrons. The van der Waals surface area contributed by atoms with Crippen molar-refractivity contribution >= 4 is 66.7 Å². The van der Waals surface area contributed by atoms with Gasteiger partial charge in [-0.25, -0.2) is 4.98 Å². The van der Waals surface area contributed by atoms with E-state index in [1.165, 1.54) is 53.7 Å². The number of hydrogen-bond acceptors (Lipinski definition) is 16. The van der Waals surface area contributed by atoms with Gasteiger partial charge in [0.25, 0.3) is 12.9 Å². The van der Waals surface area contributed by atoms with Crippen LogP contribution in [0.1, 0.15) is 43.9 Å². The summed E-state index contributed by atoms with van der Waals surface area (Å²) < 4.78 is 72.2. The van der Waals surface area contributed by atoms with E-state index in [2.05, 4.69) is 78.1 Å². The van der Waals surface area contributed by atoms with Gasteiger partial charge in [-0.05, 0) is 77.4 Å². The second-order valence-electron chi connectivity index (χ2n) is 15.0. The Balaban J connectivity index is 0.000000202. The van der Waals surface area contributed by atoms with Gasteiger partial charge in [0.1, 0.15) is 43.6 Å². The van der Waals surface area contributed by atoms with Gasteiger partial charge >= 0.3 is 40.7 Å². The Bertz CT molecular complexity index is 3070. The fourth-order valence-electron chi connectivity index (χ4n) is 7.39. The first-order valence-corrected chi connectivity index (χ1v) is 29.1. The molecule has 8 aromatic heterocycles. The number of aryl methyl sites for hydroxylation is 1. The van der Waals surface area contributed by atoms with Crippen LogP contribution in [0.25, 0.3) is 64.8 Å². The van der Waals surface area contributed by atoms with E-state index in [1.54, 1.807) is 54.1 Å². The van der Waals surface area contributed by atoms with Crippen LogP contribution < -0.4 is 33.5 Å². The number of fused-ring (bicyclic) bond motifs is 2. The van der Waals surface area contributed by atoms with Crippen LogP contribution in [0.2, 0.25) is 0 Å². The van der Waals surface area contributed by atoms with Crippen LogP contribution >= 0.6 is 53.8 Å². The van der Waals surface area contributed by atoms with Crippen LogP contribution in [0, 0.1) is 0 Å². The first-order valence-electron chi connectivity index (χ1n) is 21.4. The van der Waals surface area contributed by atoms with Gasteiger partial charge in [-0.1, -0.05) is 31.9 Å². The molecule has 70 heavy (non-hydrogen) atoms. The summed E-state index contributed by atoms with van der Waals surface area (Å²) in [6, 6.07) is 16.8. The predicted octanol–water partition coefficient (Wildman–Crippen LogP) is 12.1. The molecule has 10 heterocycles. The number of carbonyl (C=O) groups is 2. The molecule has 0 saturated carbocycles. The van der Waals surface area contributed by atoms with Gasteiger partial charge in [-0.15, -0.1) is 34.0 Å². The van der Waals surface area contributed by atoms with Gasteiger partial charge < -0.3 is 38.6 Å². The number of thiophene rings is 3. The summed E-state index contributed by atoms with van der Waals surface area (Å²) >= 11 is 9.11. The van der Waals surface area contributed by atoms with Gasteiger partial charge in [-0.2, -0.15) is 13.2 Å². The zero-order valence-electron chi connectivity index (χ0n) is 36.7. The van der Waals surface area contributed by atoms with Crippen LogP contribution in [0.5, 0.6) is 34.5 Å². The van der Waals surface area contributed by atoms with Crippen molar-refractivity contribution < 1.29 is 66.0 Å². The van der Waals surface area contributed by atoms with Crippen molar-refractivity contribution in [1.29, 1.82) is 0 Å². The number of carbonyl (C=O) groups excluding carboxylic acids is 2. The van der Waals surface area contributed by atoms with Gasteiger partial charge in [0.15, 0.2) is 23.0 Å². The molecule has 0 N–H and O–H groups in total. The summed E-state index contributed by atoms with van der Waals surface area (Å²) in [6.07, 6.45) is 6.05. The third-order valence-corrected chi connectivity index (χ3v) is 13.8. The van der Waals surface area contributed by atoms with Crippen LogP contribution in [-0.4, -0.2) is 64.4 Å². The number of ether oxygens (including phenoxy) is 6.